The topological polar surface area (TPSA) is 123 Å². The molecule has 12 heteroatoms. The van der Waals surface area contributed by atoms with Crippen molar-refractivity contribution in [1.82, 2.24) is 25.0 Å². The number of nitrogens with zero attached hydrogens (tertiary/aromatic N) is 4. The van der Waals surface area contributed by atoms with Crippen molar-refractivity contribution >= 4 is 28.6 Å². The van der Waals surface area contributed by atoms with Gasteiger partial charge in [0.1, 0.15) is 12.6 Å². The lowest BCUT2D eigenvalue weighted by atomic mass is 9.85. The summed E-state index contributed by atoms with van der Waals surface area (Å²) in [5.74, 6) is -2.68. The van der Waals surface area contributed by atoms with Crippen molar-refractivity contribution in [3.05, 3.63) is 24.2 Å². The van der Waals surface area contributed by atoms with E-state index in [0.717, 1.165) is 6.42 Å². The van der Waals surface area contributed by atoms with Gasteiger partial charge in [0, 0.05) is 23.7 Å². The Labute approximate surface area is 192 Å². The lowest BCUT2D eigenvalue weighted by Crippen LogP contribution is -2.52. The molecule has 0 aromatic carbocycles. The van der Waals surface area contributed by atoms with E-state index in [0.29, 0.717) is 30.2 Å². The Morgan fingerprint density at radius 2 is 1.97 bits per heavy atom. The van der Waals surface area contributed by atoms with E-state index in [4.69, 9.17) is 5.73 Å². The lowest BCUT2D eigenvalue weighted by molar-refractivity contribution is -0.184. The van der Waals surface area contributed by atoms with Crippen LogP contribution in [0.3, 0.4) is 0 Å². The maximum atomic E-state index is 13.3. The van der Waals surface area contributed by atoms with Crippen molar-refractivity contribution in [3.63, 3.8) is 0 Å². The Hall–Kier alpha value is -3.18. The Balaban J connectivity index is 1.30. The Morgan fingerprint density at radius 1 is 1.18 bits per heavy atom. The second-order valence-corrected chi connectivity index (χ2v) is 9.49. The third kappa shape index (κ3) is 4.09. The molecule has 1 saturated heterocycles. The Morgan fingerprint density at radius 3 is 2.71 bits per heavy atom. The van der Waals surface area contributed by atoms with Crippen molar-refractivity contribution in [1.29, 1.82) is 0 Å². The number of hydrogen-bond acceptors (Lipinski definition) is 5. The molecule has 2 aliphatic carbocycles. The first-order valence-electron chi connectivity index (χ1n) is 11.4. The van der Waals surface area contributed by atoms with Gasteiger partial charge in [0.2, 0.25) is 11.8 Å². The molecular weight excluding hydrogens is 453 g/mol. The lowest BCUT2D eigenvalue weighted by Gasteiger charge is -2.33. The van der Waals surface area contributed by atoms with Gasteiger partial charge >= 0.3 is 6.18 Å². The normalized spacial score (nSPS) is 28.6. The first kappa shape index (κ1) is 22.6. The van der Waals surface area contributed by atoms with Crippen LogP contribution in [0.4, 0.5) is 13.2 Å². The maximum Gasteiger partial charge on any atom is 0.391 e. The molecule has 3 heterocycles. The van der Waals surface area contributed by atoms with Gasteiger partial charge in [0.25, 0.3) is 5.91 Å². The van der Waals surface area contributed by atoms with E-state index in [1.54, 1.807) is 6.07 Å². The van der Waals surface area contributed by atoms with Crippen LogP contribution in [0.25, 0.3) is 10.9 Å². The van der Waals surface area contributed by atoms with Crippen molar-refractivity contribution < 1.29 is 27.6 Å². The number of carbonyl (C=O) groups excluding carboxylic acids is 3. The molecule has 0 bridgehead atoms. The molecule has 3 amide bonds. The van der Waals surface area contributed by atoms with Crippen molar-refractivity contribution in [3.8, 4) is 0 Å². The van der Waals surface area contributed by atoms with E-state index >= 15 is 0 Å². The average Bonchev–Trinajstić information content (AvgIpc) is 3.29. The van der Waals surface area contributed by atoms with E-state index in [1.807, 2.05) is 0 Å². The van der Waals surface area contributed by atoms with Crippen molar-refractivity contribution in [2.45, 2.75) is 69.4 Å². The minimum Gasteiger partial charge on any atom is -0.364 e. The molecule has 0 spiro atoms. The molecule has 3 N–H and O–H groups in total. The van der Waals surface area contributed by atoms with E-state index in [9.17, 15) is 27.6 Å². The minimum atomic E-state index is -4.27. The molecule has 1 aliphatic heterocycles. The average molecular weight is 478 g/mol. The molecule has 2 saturated carbocycles. The molecule has 1 unspecified atom stereocenters. The van der Waals surface area contributed by atoms with Gasteiger partial charge in [-0.1, -0.05) is 6.42 Å². The fourth-order valence-electron chi connectivity index (χ4n) is 5.50. The molecule has 5 rings (SSSR count). The smallest absolute Gasteiger partial charge is 0.364 e. The van der Waals surface area contributed by atoms with Gasteiger partial charge in [0.15, 0.2) is 5.69 Å². The SMILES string of the molecule is NC(=O)c1nn(CC(=O)N2[C@@H]3C[C@@H]3C[C@H]2C(=O)NC2CCC[C@H](C(F)(F)F)C2)c2cnccc12. The summed E-state index contributed by atoms with van der Waals surface area (Å²) in [6.45, 7) is -0.206. The molecular formula is C22H25F3N6O3. The monoisotopic (exact) mass is 478 g/mol. The van der Waals surface area contributed by atoms with Crippen LogP contribution in [0, 0.1) is 11.8 Å². The van der Waals surface area contributed by atoms with E-state index < -0.39 is 36.0 Å². The molecule has 182 valence electrons. The minimum absolute atomic E-state index is 0.0294. The molecule has 0 radical (unpaired) electrons. The van der Waals surface area contributed by atoms with Crippen LogP contribution in [-0.2, 0) is 16.1 Å². The molecule has 5 atom stereocenters. The highest BCUT2D eigenvalue weighted by Gasteiger charge is 2.56. The second-order valence-electron chi connectivity index (χ2n) is 9.49. The summed E-state index contributed by atoms with van der Waals surface area (Å²) in [5.41, 5.74) is 5.91. The van der Waals surface area contributed by atoms with E-state index in [2.05, 4.69) is 15.4 Å². The first-order valence-corrected chi connectivity index (χ1v) is 11.4. The predicted octanol–water partition coefficient (Wildman–Crippen LogP) is 1.76. The summed E-state index contributed by atoms with van der Waals surface area (Å²) < 4.78 is 40.8. The number of likely N-dealkylation sites (tertiary alicyclic amines) is 1. The molecule has 3 aliphatic rings. The first-order chi connectivity index (χ1) is 16.1. The van der Waals surface area contributed by atoms with Crippen LogP contribution in [0.1, 0.15) is 49.0 Å². The number of carbonyl (C=O) groups is 3. The third-order valence-corrected chi connectivity index (χ3v) is 7.25. The van der Waals surface area contributed by atoms with Crippen LogP contribution in [-0.4, -0.2) is 61.7 Å². The summed E-state index contributed by atoms with van der Waals surface area (Å²) in [7, 11) is 0. The summed E-state index contributed by atoms with van der Waals surface area (Å²) in [6, 6.07) is 0.248. The number of rotatable bonds is 5. The van der Waals surface area contributed by atoms with E-state index in [-0.39, 0.29) is 42.9 Å². The molecule has 2 aromatic heterocycles. The number of amides is 3. The zero-order valence-electron chi connectivity index (χ0n) is 18.3. The Kier molecular flexibility index (Phi) is 5.48. The number of nitrogens with two attached hydrogens (primary N) is 1. The highest BCUT2D eigenvalue weighted by atomic mass is 19.4. The zero-order chi connectivity index (χ0) is 24.2. The van der Waals surface area contributed by atoms with E-state index in [1.165, 1.54) is 22.0 Å². The van der Waals surface area contributed by atoms with Crippen molar-refractivity contribution in [2.75, 3.05) is 0 Å². The zero-order valence-corrected chi connectivity index (χ0v) is 18.3. The number of primary amides is 1. The summed E-state index contributed by atoms with van der Waals surface area (Å²) in [4.78, 5) is 43.6. The third-order valence-electron chi connectivity index (χ3n) is 7.25. The van der Waals surface area contributed by atoms with Crippen LogP contribution < -0.4 is 11.1 Å². The van der Waals surface area contributed by atoms with Crippen molar-refractivity contribution in [2.24, 2.45) is 17.6 Å². The molecule has 34 heavy (non-hydrogen) atoms. The highest BCUT2D eigenvalue weighted by Crippen LogP contribution is 2.48. The van der Waals surface area contributed by atoms with Gasteiger partial charge in [-0.15, -0.1) is 0 Å². The van der Waals surface area contributed by atoms with Crippen LogP contribution >= 0.6 is 0 Å². The maximum absolute atomic E-state index is 13.3. The fourth-order valence-corrected chi connectivity index (χ4v) is 5.50. The fraction of sp³-hybridized carbons (Fsp3) is 0.591. The quantitative estimate of drug-likeness (QED) is 0.678. The van der Waals surface area contributed by atoms with Gasteiger partial charge in [-0.3, -0.25) is 24.0 Å². The molecule has 3 fully saturated rings. The number of halogens is 3. The summed E-state index contributed by atoms with van der Waals surface area (Å²) in [5, 5.41) is 7.43. The van der Waals surface area contributed by atoms with Gasteiger partial charge in [0.05, 0.1) is 17.6 Å². The number of fused-ring (bicyclic) bond motifs is 2. The van der Waals surface area contributed by atoms with Crippen LogP contribution in [0.2, 0.25) is 0 Å². The predicted molar refractivity (Wildman–Crippen MR) is 113 cm³/mol. The largest absolute Gasteiger partial charge is 0.391 e. The standard InChI is InChI=1S/C22H25F3N6O3/c23-22(24,25)12-2-1-3-13(8-12)28-21(34)16-7-11-6-15(11)31(16)18(32)10-30-17-9-27-5-4-14(17)19(29-30)20(26)33/h4-5,9,11-13,15-16H,1-3,6-8,10H2,(H2,26,33)(H,28,34)/t11-,12+,13?,15-,16+/m1/s1. The van der Waals surface area contributed by atoms with Gasteiger partial charge in [-0.25, -0.2) is 0 Å². The van der Waals surface area contributed by atoms with Crippen LogP contribution in [0.5, 0.6) is 0 Å². The number of hydrogen-bond donors (Lipinski definition) is 2. The highest BCUT2D eigenvalue weighted by molar-refractivity contribution is 6.04. The van der Waals surface area contributed by atoms with Crippen LogP contribution in [0.15, 0.2) is 18.5 Å². The summed E-state index contributed by atoms with van der Waals surface area (Å²) in [6.07, 6.45) is 0.826. The Bertz CT molecular complexity index is 1150. The number of piperidine rings is 1. The van der Waals surface area contributed by atoms with Gasteiger partial charge in [-0.2, -0.15) is 18.3 Å². The second kappa shape index (κ2) is 8.24. The number of aromatic nitrogens is 3. The number of nitrogens with one attached hydrogen (secondary N) is 1. The molecule has 9 nitrogen and oxygen atoms in total. The number of pyridine rings is 1. The van der Waals surface area contributed by atoms with Gasteiger partial charge < -0.3 is 16.0 Å². The number of alkyl halides is 3. The summed E-state index contributed by atoms with van der Waals surface area (Å²) >= 11 is 0. The van der Waals surface area contributed by atoms with Gasteiger partial charge in [-0.05, 0) is 44.1 Å². The molecule has 2 aromatic rings.